The van der Waals surface area contributed by atoms with Crippen LogP contribution in [0.4, 0.5) is 11.4 Å². The van der Waals surface area contributed by atoms with Gasteiger partial charge in [-0.2, -0.15) is 5.26 Å². The van der Waals surface area contributed by atoms with Crippen LogP contribution in [0.25, 0.3) is 11.0 Å². The molecule has 32 heavy (non-hydrogen) atoms. The van der Waals surface area contributed by atoms with Crippen molar-refractivity contribution in [1.82, 2.24) is 5.16 Å². The summed E-state index contributed by atoms with van der Waals surface area (Å²) < 4.78 is 5.18. The normalized spacial score (nSPS) is 10.3. The van der Waals surface area contributed by atoms with Crippen LogP contribution in [0.3, 0.4) is 0 Å². The molecule has 4 aromatic rings. The number of carbonyl (C=O) groups excluding carboxylic acids is 2. The van der Waals surface area contributed by atoms with Crippen LogP contribution in [0, 0.1) is 11.3 Å². The summed E-state index contributed by atoms with van der Waals surface area (Å²) in [5, 5.41) is 27.7. The number of nitrogens with zero attached hydrogens (tertiary/aromatic N) is 2. The maximum Gasteiger partial charge on any atom is 0.337 e. The van der Waals surface area contributed by atoms with Crippen molar-refractivity contribution < 1.29 is 24.0 Å². The second kappa shape index (κ2) is 8.41. The summed E-state index contributed by atoms with van der Waals surface area (Å²) in [5.74, 6) is -2.33. The average molecular weight is 426 g/mol. The molecule has 0 aliphatic rings. The molecule has 0 aliphatic heterocycles. The first-order valence-corrected chi connectivity index (χ1v) is 9.31. The minimum absolute atomic E-state index is 0.00573. The topological polar surface area (TPSA) is 145 Å². The predicted octanol–water partition coefficient (Wildman–Crippen LogP) is 3.90. The Labute approximate surface area is 180 Å². The molecular weight excluding hydrogens is 412 g/mol. The van der Waals surface area contributed by atoms with E-state index in [0.717, 1.165) is 6.07 Å². The maximum atomic E-state index is 12.8. The summed E-state index contributed by atoms with van der Waals surface area (Å²) >= 11 is 0. The van der Waals surface area contributed by atoms with E-state index in [0.29, 0.717) is 22.2 Å². The molecular formula is C23H14N4O5. The molecule has 0 aliphatic carbocycles. The van der Waals surface area contributed by atoms with E-state index >= 15 is 0 Å². The van der Waals surface area contributed by atoms with Gasteiger partial charge in [-0.25, -0.2) is 4.79 Å². The number of aromatic nitrogens is 1. The lowest BCUT2D eigenvalue weighted by Gasteiger charge is -2.08. The number of rotatable bonds is 5. The molecule has 1 aromatic heterocycles. The highest BCUT2D eigenvalue weighted by Crippen LogP contribution is 2.25. The van der Waals surface area contributed by atoms with Crippen molar-refractivity contribution >= 4 is 40.1 Å². The molecule has 0 saturated carbocycles. The van der Waals surface area contributed by atoms with Crippen molar-refractivity contribution in [3.8, 4) is 6.07 Å². The third-order valence-corrected chi connectivity index (χ3v) is 4.61. The fraction of sp³-hybridized carbons (Fsp3) is 0. The Morgan fingerprint density at radius 1 is 0.938 bits per heavy atom. The van der Waals surface area contributed by atoms with E-state index in [1.54, 1.807) is 48.5 Å². The number of aromatic carboxylic acids is 1. The molecule has 0 radical (unpaired) electrons. The van der Waals surface area contributed by atoms with Crippen molar-refractivity contribution in [2.45, 2.75) is 0 Å². The number of anilines is 2. The van der Waals surface area contributed by atoms with Gasteiger partial charge in [-0.1, -0.05) is 23.4 Å². The van der Waals surface area contributed by atoms with Crippen molar-refractivity contribution in [2.24, 2.45) is 0 Å². The first-order valence-electron chi connectivity index (χ1n) is 9.31. The van der Waals surface area contributed by atoms with Gasteiger partial charge in [0.2, 0.25) is 0 Å². The number of fused-ring (bicyclic) bond motifs is 1. The van der Waals surface area contributed by atoms with Crippen LogP contribution in [0.5, 0.6) is 0 Å². The lowest BCUT2D eigenvalue weighted by Crippen LogP contribution is -2.16. The average Bonchev–Trinajstić information content (AvgIpc) is 3.23. The van der Waals surface area contributed by atoms with E-state index in [2.05, 4.69) is 15.8 Å². The molecule has 2 amide bonds. The summed E-state index contributed by atoms with van der Waals surface area (Å²) in [6.07, 6.45) is 0. The smallest absolute Gasteiger partial charge is 0.337 e. The summed E-state index contributed by atoms with van der Waals surface area (Å²) in [7, 11) is 0. The van der Waals surface area contributed by atoms with Crippen LogP contribution in [0.2, 0.25) is 0 Å². The second-order valence-corrected chi connectivity index (χ2v) is 6.69. The van der Waals surface area contributed by atoms with Crippen LogP contribution in [0.15, 0.2) is 71.3 Å². The molecule has 0 bridgehead atoms. The molecule has 9 nitrogen and oxygen atoms in total. The molecule has 0 spiro atoms. The van der Waals surface area contributed by atoms with Gasteiger partial charge in [0.1, 0.15) is 0 Å². The monoisotopic (exact) mass is 426 g/mol. The van der Waals surface area contributed by atoms with Gasteiger partial charge < -0.3 is 20.3 Å². The number of carboxylic acids is 1. The van der Waals surface area contributed by atoms with Gasteiger partial charge in [-0.15, -0.1) is 0 Å². The number of nitriles is 1. The van der Waals surface area contributed by atoms with Gasteiger partial charge in [0.05, 0.1) is 28.3 Å². The van der Waals surface area contributed by atoms with Gasteiger partial charge in [-0.05, 0) is 48.5 Å². The Morgan fingerprint density at radius 3 is 2.44 bits per heavy atom. The largest absolute Gasteiger partial charge is 0.478 e. The molecule has 156 valence electrons. The molecule has 0 fully saturated rings. The van der Waals surface area contributed by atoms with Crippen LogP contribution >= 0.6 is 0 Å². The molecule has 3 N–H and O–H groups in total. The summed E-state index contributed by atoms with van der Waals surface area (Å²) in [5.41, 5.74) is 1.03. The van der Waals surface area contributed by atoms with Gasteiger partial charge in [0.15, 0.2) is 11.3 Å². The SMILES string of the molecule is N#Cc1ccc(NC(=O)c2noc3ccc(NC(=O)c4ccccc4)cc23)c(C(=O)O)c1. The quantitative estimate of drug-likeness (QED) is 0.439. The Bertz CT molecular complexity index is 1400. The van der Waals surface area contributed by atoms with E-state index in [4.69, 9.17) is 9.78 Å². The van der Waals surface area contributed by atoms with Gasteiger partial charge in [0, 0.05) is 11.3 Å². The van der Waals surface area contributed by atoms with Crippen molar-refractivity contribution in [3.63, 3.8) is 0 Å². The van der Waals surface area contributed by atoms with Crippen molar-refractivity contribution in [1.29, 1.82) is 5.26 Å². The summed E-state index contributed by atoms with van der Waals surface area (Å²) in [6.45, 7) is 0. The number of carbonyl (C=O) groups is 3. The zero-order valence-corrected chi connectivity index (χ0v) is 16.3. The van der Waals surface area contributed by atoms with Gasteiger partial charge in [-0.3, -0.25) is 9.59 Å². The first-order chi connectivity index (χ1) is 15.5. The van der Waals surface area contributed by atoms with E-state index in [1.807, 2.05) is 6.07 Å². The third kappa shape index (κ3) is 4.01. The molecule has 1 heterocycles. The number of benzene rings is 3. The minimum atomic E-state index is -1.30. The highest BCUT2D eigenvalue weighted by atomic mass is 16.5. The second-order valence-electron chi connectivity index (χ2n) is 6.69. The maximum absolute atomic E-state index is 12.8. The highest BCUT2D eigenvalue weighted by Gasteiger charge is 2.20. The molecule has 0 atom stereocenters. The fourth-order valence-electron chi connectivity index (χ4n) is 3.05. The van der Waals surface area contributed by atoms with Crippen LogP contribution in [-0.4, -0.2) is 28.0 Å². The van der Waals surface area contributed by atoms with E-state index < -0.39 is 11.9 Å². The minimum Gasteiger partial charge on any atom is -0.478 e. The number of hydrogen-bond donors (Lipinski definition) is 3. The zero-order valence-electron chi connectivity index (χ0n) is 16.3. The van der Waals surface area contributed by atoms with Crippen LogP contribution in [-0.2, 0) is 0 Å². The third-order valence-electron chi connectivity index (χ3n) is 4.61. The summed E-state index contributed by atoms with van der Waals surface area (Å²) in [6, 6.07) is 19.1. The van der Waals surface area contributed by atoms with Crippen molar-refractivity contribution in [3.05, 3.63) is 89.1 Å². The van der Waals surface area contributed by atoms with E-state index in [-0.39, 0.29) is 28.4 Å². The highest BCUT2D eigenvalue weighted by molar-refractivity contribution is 6.13. The fourth-order valence-corrected chi connectivity index (χ4v) is 3.05. The Morgan fingerprint density at radius 2 is 1.72 bits per heavy atom. The van der Waals surface area contributed by atoms with Crippen LogP contribution in [0.1, 0.15) is 36.8 Å². The molecule has 9 heteroatoms. The molecule has 0 saturated heterocycles. The molecule has 3 aromatic carbocycles. The van der Waals surface area contributed by atoms with E-state index in [9.17, 15) is 19.5 Å². The lowest BCUT2D eigenvalue weighted by atomic mass is 10.1. The first kappa shape index (κ1) is 20.3. The standard InChI is InChI=1S/C23H14N4O5/c24-12-13-6-8-18(16(10-13)23(30)31)26-22(29)20-17-11-15(7-9-19(17)32-27-20)25-21(28)14-4-2-1-3-5-14/h1-11H,(H,25,28)(H,26,29)(H,30,31). The molecule has 4 rings (SSSR count). The predicted molar refractivity (Wildman–Crippen MR) is 114 cm³/mol. The molecule has 0 unspecified atom stereocenters. The Kier molecular flexibility index (Phi) is 5.34. The lowest BCUT2D eigenvalue weighted by molar-refractivity contribution is 0.0697. The number of amides is 2. The van der Waals surface area contributed by atoms with Crippen molar-refractivity contribution in [2.75, 3.05) is 10.6 Å². The Hall–Kier alpha value is -4.97. The van der Waals surface area contributed by atoms with Crippen LogP contribution < -0.4 is 10.6 Å². The summed E-state index contributed by atoms with van der Waals surface area (Å²) in [4.78, 5) is 36.7. The zero-order chi connectivity index (χ0) is 22.7. The number of nitrogens with one attached hydrogen (secondary N) is 2. The Balaban J connectivity index is 1.62. The number of hydrogen-bond acceptors (Lipinski definition) is 6. The van der Waals surface area contributed by atoms with Gasteiger partial charge in [0.25, 0.3) is 11.8 Å². The van der Waals surface area contributed by atoms with E-state index in [1.165, 1.54) is 12.1 Å². The van der Waals surface area contributed by atoms with Gasteiger partial charge >= 0.3 is 5.97 Å². The number of carboxylic acid groups (broad SMARTS) is 1.